The fraction of sp³-hybridized carbons (Fsp3) is 0.417. The van der Waals surface area contributed by atoms with Crippen molar-refractivity contribution in [3.05, 3.63) is 36.2 Å². The second-order valence-corrected chi connectivity index (χ2v) is 6.54. The van der Waals surface area contributed by atoms with Crippen LogP contribution in [0.2, 0.25) is 0 Å². The molecule has 2 heterocycles. The zero-order valence-electron chi connectivity index (χ0n) is 11.5. The van der Waals surface area contributed by atoms with Gasteiger partial charge >= 0.3 is 0 Å². The Hall–Kier alpha value is -1.64. The van der Waals surface area contributed by atoms with Gasteiger partial charge in [0.15, 0.2) is 0 Å². The lowest BCUT2D eigenvalue weighted by Crippen LogP contribution is -2.23. The molecule has 0 amide bonds. The number of sulfonamides is 1. The van der Waals surface area contributed by atoms with E-state index in [1.165, 1.54) is 6.33 Å². The highest BCUT2D eigenvalue weighted by Gasteiger charge is 2.18. The van der Waals surface area contributed by atoms with Crippen LogP contribution in [0.1, 0.15) is 31.3 Å². The first kappa shape index (κ1) is 14.8. The Morgan fingerprint density at radius 3 is 2.75 bits per heavy atom. The molecule has 0 aliphatic rings. The Balaban J connectivity index is 2.21. The zero-order chi connectivity index (χ0) is 14.8. The molecule has 0 aliphatic carbocycles. The van der Waals surface area contributed by atoms with Gasteiger partial charge < -0.3 is 15.3 Å². The van der Waals surface area contributed by atoms with Crippen LogP contribution in [0, 0.1) is 0 Å². The molecule has 110 valence electrons. The van der Waals surface area contributed by atoms with Crippen molar-refractivity contribution < 1.29 is 8.42 Å². The third kappa shape index (κ3) is 3.09. The molecule has 0 spiro atoms. The Morgan fingerprint density at radius 1 is 1.50 bits per heavy atom. The summed E-state index contributed by atoms with van der Waals surface area (Å²) < 4.78 is 28.9. The summed E-state index contributed by atoms with van der Waals surface area (Å²) in [5.41, 5.74) is 7.14. The molecule has 0 radical (unpaired) electrons. The van der Waals surface area contributed by atoms with Crippen molar-refractivity contribution in [2.75, 3.05) is 0 Å². The van der Waals surface area contributed by atoms with Gasteiger partial charge in [-0.3, -0.25) is 0 Å². The van der Waals surface area contributed by atoms with Crippen LogP contribution in [0.3, 0.4) is 0 Å². The van der Waals surface area contributed by atoms with Gasteiger partial charge in [0, 0.05) is 36.4 Å². The minimum Gasteiger partial charge on any atom is -0.347 e. The first-order valence-electron chi connectivity index (χ1n) is 6.31. The monoisotopic (exact) mass is 297 g/mol. The predicted molar refractivity (Wildman–Crippen MR) is 75.3 cm³/mol. The maximum atomic E-state index is 12.2. The average Bonchev–Trinajstić information content (AvgIpc) is 3.05. The number of imidazole rings is 1. The Bertz CT molecular complexity index is 658. The van der Waals surface area contributed by atoms with Gasteiger partial charge in [-0.1, -0.05) is 0 Å². The average molecular weight is 297 g/mol. The standard InChI is InChI=1S/C12H19N5O2S/c1-9(2)17-7-12(3-11(17)4-13)20(18,19)16-6-10-5-14-8-15-10/h3,5,7-9,16H,4,6,13H2,1-2H3,(H,14,15). The van der Waals surface area contributed by atoms with E-state index in [1.807, 2.05) is 18.4 Å². The lowest BCUT2D eigenvalue weighted by molar-refractivity contribution is 0.569. The van der Waals surface area contributed by atoms with Gasteiger partial charge in [0.2, 0.25) is 10.0 Å². The Labute approximate surface area is 118 Å². The summed E-state index contributed by atoms with van der Waals surface area (Å²) in [5, 5.41) is 0. The molecule has 0 aromatic carbocycles. The molecule has 0 unspecified atom stereocenters. The van der Waals surface area contributed by atoms with E-state index in [9.17, 15) is 8.42 Å². The van der Waals surface area contributed by atoms with Crippen LogP contribution in [-0.4, -0.2) is 23.0 Å². The van der Waals surface area contributed by atoms with Crippen molar-refractivity contribution in [2.45, 2.75) is 37.9 Å². The smallest absolute Gasteiger partial charge is 0.242 e. The molecule has 0 saturated heterocycles. The molecule has 0 bridgehead atoms. The number of hydrogen-bond acceptors (Lipinski definition) is 4. The van der Waals surface area contributed by atoms with Crippen molar-refractivity contribution in [3.63, 3.8) is 0 Å². The van der Waals surface area contributed by atoms with Crippen LogP contribution >= 0.6 is 0 Å². The van der Waals surface area contributed by atoms with E-state index >= 15 is 0 Å². The number of nitrogens with zero attached hydrogens (tertiary/aromatic N) is 2. The maximum Gasteiger partial charge on any atom is 0.242 e. The lowest BCUT2D eigenvalue weighted by Gasteiger charge is -2.10. The predicted octanol–water partition coefficient (Wildman–Crippen LogP) is 0.729. The number of H-pyrrole nitrogens is 1. The number of nitrogens with one attached hydrogen (secondary N) is 2. The van der Waals surface area contributed by atoms with E-state index in [0.29, 0.717) is 12.2 Å². The summed E-state index contributed by atoms with van der Waals surface area (Å²) in [7, 11) is -3.56. The van der Waals surface area contributed by atoms with Crippen LogP contribution < -0.4 is 10.5 Å². The van der Waals surface area contributed by atoms with E-state index in [1.54, 1.807) is 18.5 Å². The highest BCUT2D eigenvalue weighted by molar-refractivity contribution is 7.89. The van der Waals surface area contributed by atoms with Gasteiger partial charge in [-0.25, -0.2) is 18.1 Å². The highest BCUT2D eigenvalue weighted by atomic mass is 32.2. The third-order valence-corrected chi connectivity index (χ3v) is 4.36. The van der Waals surface area contributed by atoms with Gasteiger partial charge in [-0.15, -0.1) is 0 Å². The van der Waals surface area contributed by atoms with Gasteiger partial charge in [-0.2, -0.15) is 0 Å². The topological polar surface area (TPSA) is 106 Å². The maximum absolute atomic E-state index is 12.2. The lowest BCUT2D eigenvalue weighted by atomic mass is 10.3. The molecule has 2 aromatic heterocycles. The van der Waals surface area contributed by atoms with Gasteiger partial charge in [0.25, 0.3) is 0 Å². The molecule has 20 heavy (non-hydrogen) atoms. The molecule has 8 heteroatoms. The Kier molecular flexibility index (Phi) is 4.26. The first-order chi connectivity index (χ1) is 9.44. The summed E-state index contributed by atoms with van der Waals surface area (Å²) in [5.74, 6) is 0. The van der Waals surface area contributed by atoms with Crippen LogP contribution in [0.4, 0.5) is 0 Å². The fourth-order valence-electron chi connectivity index (χ4n) is 1.93. The number of nitrogens with two attached hydrogens (primary N) is 1. The van der Waals surface area contributed by atoms with Crippen molar-refractivity contribution in [1.29, 1.82) is 0 Å². The fourth-order valence-corrected chi connectivity index (χ4v) is 2.98. The number of hydrogen-bond donors (Lipinski definition) is 3. The number of rotatable bonds is 6. The number of aromatic nitrogens is 3. The van der Waals surface area contributed by atoms with E-state index in [0.717, 1.165) is 5.69 Å². The summed E-state index contributed by atoms with van der Waals surface area (Å²) in [4.78, 5) is 6.91. The van der Waals surface area contributed by atoms with Gasteiger partial charge in [-0.05, 0) is 19.9 Å². The van der Waals surface area contributed by atoms with Crippen LogP contribution in [0.15, 0.2) is 29.7 Å². The molecule has 2 aromatic rings. The first-order valence-corrected chi connectivity index (χ1v) is 7.80. The van der Waals surface area contributed by atoms with E-state index in [-0.39, 0.29) is 17.5 Å². The largest absolute Gasteiger partial charge is 0.347 e. The summed E-state index contributed by atoms with van der Waals surface area (Å²) in [6, 6.07) is 1.76. The third-order valence-electron chi connectivity index (χ3n) is 2.99. The van der Waals surface area contributed by atoms with Crippen LogP contribution in [0.5, 0.6) is 0 Å². The van der Waals surface area contributed by atoms with Gasteiger partial charge in [0.1, 0.15) is 0 Å². The zero-order valence-corrected chi connectivity index (χ0v) is 12.3. The molecule has 0 atom stereocenters. The van der Waals surface area contributed by atoms with Crippen molar-refractivity contribution >= 4 is 10.0 Å². The normalized spacial score (nSPS) is 12.2. The molecule has 0 aliphatic heterocycles. The van der Waals surface area contributed by atoms with E-state index < -0.39 is 10.0 Å². The summed E-state index contributed by atoms with van der Waals surface area (Å²) in [6.07, 6.45) is 4.70. The highest BCUT2D eigenvalue weighted by Crippen LogP contribution is 2.18. The molecule has 0 fully saturated rings. The molecule has 4 N–H and O–H groups in total. The summed E-state index contributed by atoms with van der Waals surface area (Å²) in [6.45, 7) is 4.43. The molecule has 0 saturated carbocycles. The SMILES string of the molecule is CC(C)n1cc(S(=O)(=O)NCc2cnc[nH]2)cc1CN. The summed E-state index contributed by atoms with van der Waals surface area (Å²) >= 11 is 0. The van der Waals surface area contributed by atoms with Crippen LogP contribution in [-0.2, 0) is 23.1 Å². The second kappa shape index (κ2) is 5.78. The number of aromatic amines is 1. The molecule has 7 nitrogen and oxygen atoms in total. The minimum atomic E-state index is -3.56. The molecular formula is C12H19N5O2S. The van der Waals surface area contributed by atoms with Crippen molar-refractivity contribution in [3.8, 4) is 0 Å². The minimum absolute atomic E-state index is 0.158. The van der Waals surface area contributed by atoms with E-state index in [4.69, 9.17) is 5.73 Å². The second-order valence-electron chi connectivity index (χ2n) is 4.77. The Morgan fingerprint density at radius 2 is 2.25 bits per heavy atom. The van der Waals surface area contributed by atoms with Crippen molar-refractivity contribution in [1.82, 2.24) is 19.3 Å². The molecular weight excluding hydrogens is 278 g/mol. The van der Waals surface area contributed by atoms with Crippen LogP contribution in [0.25, 0.3) is 0 Å². The van der Waals surface area contributed by atoms with Crippen molar-refractivity contribution in [2.24, 2.45) is 5.73 Å². The van der Waals surface area contributed by atoms with Gasteiger partial charge in [0.05, 0.1) is 17.8 Å². The van der Waals surface area contributed by atoms with E-state index in [2.05, 4.69) is 14.7 Å². The molecule has 2 rings (SSSR count). The quantitative estimate of drug-likeness (QED) is 0.730.